The highest BCUT2D eigenvalue weighted by atomic mass is 16.7. The van der Waals surface area contributed by atoms with Gasteiger partial charge in [0, 0.05) is 48.6 Å². The van der Waals surface area contributed by atoms with Crippen molar-refractivity contribution in [3.05, 3.63) is 42.7 Å². The van der Waals surface area contributed by atoms with Crippen molar-refractivity contribution < 1.29 is 19.4 Å². The molecule has 2 aliphatic rings. The lowest BCUT2D eigenvalue weighted by atomic mass is 9.82. The van der Waals surface area contributed by atoms with Crippen molar-refractivity contribution in [3.8, 4) is 28.1 Å². The number of aromatic nitrogens is 4. The van der Waals surface area contributed by atoms with Crippen LogP contribution in [0.25, 0.3) is 22.4 Å². The Morgan fingerprint density at radius 3 is 2.50 bits per heavy atom. The highest BCUT2D eigenvalue weighted by molar-refractivity contribution is 5.74. The maximum Gasteiger partial charge on any atom is 0.408 e. The molecule has 4 heterocycles. The molecule has 2 aliphatic heterocycles. The summed E-state index contributed by atoms with van der Waals surface area (Å²) < 4.78 is 11.0. The van der Waals surface area contributed by atoms with Gasteiger partial charge in [-0.1, -0.05) is 6.07 Å². The van der Waals surface area contributed by atoms with Crippen molar-refractivity contribution in [2.24, 2.45) is 0 Å². The largest absolute Gasteiger partial charge is 0.467 e. The van der Waals surface area contributed by atoms with Crippen LogP contribution < -0.4 is 9.64 Å². The predicted molar refractivity (Wildman–Crippen MR) is 135 cm³/mol. The van der Waals surface area contributed by atoms with E-state index in [9.17, 15) is 9.90 Å². The molecule has 5 rings (SSSR count). The lowest BCUT2D eigenvalue weighted by Gasteiger charge is -2.51. The molecule has 36 heavy (non-hydrogen) atoms. The fourth-order valence-corrected chi connectivity index (χ4v) is 6.03. The average Bonchev–Trinajstić information content (AvgIpc) is 3.45. The first kappa shape index (κ1) is 24.1. The van der Waals surface area contributed by atoms with Crippen LogP contribution in [0.15, 0.2) is 42.7 Å². The third-order valence-corrected chi connectivity index (χ3v) is 7.80. The second-order valence-corrected chi connectivity index (χ2v) is 10.3. The highest BCUT2D eigenvalue weighted by Crippen LogP contribution is 2.51. The van der Waals surface area contributed by atoms with Crippen LogP contribution in [0.3, 0.4) is 0 Å². The van der Waals surface area contributed by atoms with Crippen molar-refractivity contribution in [3.63, 3.8) is 0 Å². The minimum atomic E-state index is -0.826. The molecule has 10 nitrogen and oxygen atoms in total. The standard InChI is InChI=1S/C26H32N6O4/c1-25-9-10-26(2,32(25)24(33)34)13-19(12-25)31(3)23-8-7-21(29-30-23)20-6-5-17(18-14-27-28-15-18)11-22(20)36-16-35-4/h5-8,11,14-15,19H,9-10,12-13,16H2,1-4H3,(H,27,28)(H,33,34). The van der Waals surface area contributed by atoms with Gasteiger partial charge in [-0.25, -0.2) is 4.79 Å². The first-order chi connectivity index (χ1) is 17.2. The van der Waals surface area contributed by atoms with Crippen LogP contribution in [0.4, 0.5) is 10.6 Å². The van der Waals surface area contributed by atoms with E-state index in [0.717, 1.165) is 48.2 Å². The van der Waals surface area contributed by atoms with Crippen LogP contribution in [0.2, 0.25) is 0 Å². The number of hydrogen-bond acceptors (Lipinski definition) is 7. The summed E-state index contributed by atoms with van der Waals surface area (Å²) in [6.07, 6.45) is 6.04. The number of rotatable bonds is 7. The molecule has 2 fully saturated rings. The van der Waals surface area contributed by atoms with Crippen LogP contribution in [-0.2, 0) is 4.74 Å². The summed E-state index contributed by atoms with van der Waals surface area (Å²) in [4.78, 5) is 15.8. The lowest BCUT2D eigenvalue weighted by molar-refractivity contribution is 0.0131. The van der Waals surface area contributed by atoms with E-state index < -0.39 is 6.09 Å². The van der Waals surface area contributed by atoms with E-state index in [1.165, 1.54) is 0 Å². The Balaban J connectivity index is 1.38. The van der Waals surface area contributed by atoms with Crippen LogP contribution >= 0.6 is 0 Å². The van der Waals surface area contributed by atoms with Crippen molar-refractivity contribution in [2.45, 2.75) is 56.7 Å². The molecule has 10 heteroatoms. The Bertz CT molecular complexity index is 1210. The number of anilines is 1. The first-order valence-corrected chi connectivity index (χ1v) is 12.1. The van der Waals surface area contributed by atoms with Crippen LogP contribution in [0.1, 0.15) is 39.5 Å². The fraction of sp³-hybridized carbons (Fsp3) is 0.462. The maximum atomic E-state index is 12.0. The van der Waals surface area contributed by atoms with Gasteiger partial charge in [0.05, 0.1) is 11.9 Å². The smallest absolute Gasteiger partial charge is 0.408 e. The summed E-state index contributed by atoms with van der Waals surface area (Å²) in [6.45, 7) is 4.24. The van der Waals surface area contributed by atoms with Crippen LogP contribution in [0, 0.1) is 0 Å². The first-order valence-electron chi connectivity index (χ1n) is 12.1. The number of methoxy groups -OCH3 is 1. The summed E-state index contributed by atoms with van der Waals surface area (Å²) in [5.41, 5.74) is 2.69. The van der Waals surface area contributed by atoms with Gasteiger partial charge in [0.25, 0.3) is 0 Å². The molecule has 3 aromatic rings. The molecule has 2 bridgehead atoms. The Labute approximate surface area is 210 Å². The monoisotopic (exact) mass is 492 g/mol. The maximum absolute atomic E-state index is 12.0. The molecular weight excluding hydrogens is 460 g/mol. The van der Waals surface area contributed by atoms with Crippen molar-refractivity contribution in [2.75, 3.05) is 25.9 Å². The molecular formula is C26H32N6O4. The summed E-state index contributed by atoms with van der Waals surface area (Å²) in [5.74, 6) is 1.40. The second-order valence-electron chi connectivity index (χ2n) is 10.3. The third-order valence-electron chi connectivity index (χ3n) is 7.80. The van der Waals surface area contributed by atoms with Gasteiger partial charge in [0.15, 0.2) is 12.6 Å². The molecule has 2 aromatic heterocycles. The van der Waals surface area contributed by atoms with Gasteiger partial charge in [-0.05, 0) is 69.4 Å². The van der Waals surface area contributed by atoms with Crippen LogP contribution in [-0.4, -0.2) is 74.6 Å². The Morgan fingerprint density at radius 1 is 1.17 bits per heavy atom. The van der Waals surface area contributed by atoms with Gasteiger partial charge < -0.3 is 19.5 Å². The lowest BCUT2D eigenvalue weighted by Crippen LogP contribution is -2.62. The highest BCUT2D eigenvalue weighted by Gasteiger charge is 2.58. The summed E-state index contributed by atoms with van der Waals surface area (Å²) >= 11 is 0. The number of ether oxygens (including phenoxy) is 2. The van der Waals surface area contributed by atoms with E-state index in [1.54, 1.807) is 18.2 Å². The Kier molecular flexibility index (Phi) is 6.07. The molecule has 190 valence electrons. The number of benzene rings is 1. The summed E-state index contributed by atoms with van der Waals surface area (Å²) in [7, 11) is 3.60. The number of fused-ring (bicyclic) bond motifs is 2. The Morgan fingerprint density at radius 2 is 1.92 bits per heavy atom. The van der Waals surface area contributed by atoms with E-state index in [4.69, 9.17) is 9.47 Å². The molecule has 2 N–H and O–H groups in total. The number of H-pyrrole nitrogens is 1. The number of amides is 1. The van der Waals surface area contributed by atoms with Crippen molar-refractivity contribution >= 4 is 11.9 Å². The zero-order valence-electron chi connectivity index (χ0n) is 21.1. The van der Waals surface area contributed by atoms with Crippen molar-refractivity contribution in [1.29, 1.82) is 0 Å². The van der Waals surface area contributed by atoms with E-state index >= 15 is 0 Å². The molecule has 0 saturated carbocycles. The van der Waals surface area contributed by atoms with E-state index in [1.807, 2.05) is 43.6 Å². The topological polar surface area (TPSA) is 117 Å². The minimum absolute atomic E-state index is 0.114. The number of nitrogens with one attached hydrogen (secondary N) is 1. The molecule has 0 radical (unpaired) electrons. The van der Waals surface area contributed by atoms with Gasteiger partial charge in [0.2, 0.25) is 0 Å². The molecule has 2 atom stereocenters. The van der Waals surface area contributed by atoms with E-state index in [0.29, 0.717) is 11.4 Å². The summed E-state index contributed by atoms with van der Waals surface area (Å²) in [6, 6.07) is 9.97. The zero-order chi connectivity index (χ0) is 25.5. The quantitative estimate of drug-likeness (QED) is 0.466. The summed E-state index contributed by atoms with van der Waals surface area (Å²) in [5, 5.41) is 25.8. The zero-order valence-corrected chi connectivity index (χ0v) is 21.1. The predicted octanol–water partition coefficient (Wildman–Crippen LogP) is 4.41. The molecule has 2 saturated heterocycles. The molecule has 2 unspecified atom stereocenters. The second kappa shape index (κ2) is 9.09. The normalized spacial score (nSPS) is 25.1. The number of aromatic amines is 1. The van der Waals surface area contributed by atoms with E-state index in [2.05, 4.69) is 39.1 Å². The number of hydrogen-bond donors (Lipinski definition) is 2. The van der Waals surface area contributed by atoms with Crippen LogP contribution in [0.5, 0.6) is 5.75 Å². The number of carbonyl (C=O) groups is 1. The number of piperidine rings is 1. The fourth-order valence-electron chi connectivity index (χ4n) is 6.03. The van der Waals surface area contributed by atoms with E-state index in [-0.39, 0.29) is 23.9 Å². The van der Waals surface area contributed by atoms with Gasteiger partial charge in [0.1, 0.15) is 5.75 Å². The molecule has 0 spiro atoms. The SMILES string of the molecule is COCOc1cc(-c2cn[nH]c2)ccc1-c1ccc(N(C)C2CC3(C)CCC(C)(C2)N3C(=O)O)nn1. The van der Waals surface area contributed by atoms with Gasteiger partial charge >= 0.3 is 6.09 Å². The minimum Gasteiger partial charge on any atom is -0.467 e. The van der Waals surface area contributed by atoms with Gasteiger partial charge in [-0.2, -0.15) is 5.10 Å². The van der Waals surface area contributed by atoms with Gasteiger partial charge in [-0.15, -0.1) is 10.2 Å². The third kappa shape index (κ3) is 4.15. The average molecular weight is 493 g/mol. The van der Waals surface area contributed by atoms with Crippen molar-refractivity contribution in [1.82, 2.24) is 25.3 Å². The molecule has 1 aromatic carbocycles. The molecule has 0 aliphatic carbocycles. The number of nitrogens with zero attached hydrogens (tertiary/aromatic N) is 5. The number of carboxylic acid groups (broad SMARTS) is 1. The Hall–Kier alpha value is -3.66. The van der Waals surface area contributed by atoms with Gasteiger partial charge in [-0.3, -0.25) is 10.00 Å². The molecule has 1 amide bonds.